The third kappa shape index (κ3) is 4.15. The molecule has 4 aliphatic rings. The molecule has 4 fully saturated rings. The lowest BCUT2D eigenvalue weighted by Gasteiger charge is -2.57. The summed E-state index contributed by atoms with van der Waals surface area (Å²) >= 11 is 0. The molecule has 2 atom stereocenters. The number of carbonyl (C=O) groups excluding carboxylic acids is 2. The standard InChI is InChI=1S/C26H38N2O2/c1-5-17(4)27-25(30)23(16(2)3)28-24(29)21-6-8-22(9-7-21)26-13-18-10-19(14-26)12-20(11-18)15-26/h6-9,16-20,23H,5,10-15H2,1-4H3,(H,27,30)(H,28,29)/t17-,18?,19?,20?,23+,26?/m1/s1. The summed E-state index contributed by atoms with van der Waals surface area (Å²) < 4.78 is 0. The van der Waals surface area contributed by atoms with Crippen molar-refractivity contribution >= 4 is 11.8 Å². The van der Waals surface area contributed by atoms with E-state index < -0.39 is 6.04 Å². The quantitative estimate of drug-likeness (QED) is 0.677. The van der Waals surface area contributed by atoms with Crippen molar-refractivity contribution in [1.82, 2.24) is 10.6 Å². The Labute approximate surface area is 181 Å². The van der Waals surface area contributed by atoms with Crippen molar-refractivity contribution in [3.63, 3.8) is 0 Å². The Morgan fingerprint density at radius 3 is 1.93 bits per heavy atom. The van der Waals surface area contributed by atoms with Crippen LogP contribution in [0.25, 0.3) is 0 Å². The molecule has 164 valence electrons. The Bertz CT molecular complexity index is 747. The Kier molecular flexibility index (Phi) is 5.96. The highest BCUT2D eigenvalue weighted by Crippen LogP contribution is 2.60. The molecule has 4 nitrogen and oxygen atoms in total. The number of hydrogen-bond donors (Lipinski definition) is 2. The lowest BCUT2D eigenvalue weighted by Crippen LogP contribution is -2.51. The molecular formula is C26H38N2O2. The van der Waals surface area contributed by atoms with Crippen LogP contribution in [0.5, 0.6) is 0 Å². The summed E-state index contributed by atoms with van der Waals surface area (Å²) in [5.41, 5.74) is 2.42. The first-order chi connectivity index (χ1) is 14.3. The van der Waals surface area contributed by atoms with E-state index >= 15 is 0 Å². The van der Waals surface area contributed by atoms with E-state index in [1.54, 1.807) is 0 Å². The van der Waals surface area contributed by atoms with Crippen LogP contribution >= 0.6 is 0 Å². The summed E-state index contributed by atoms with van der Waals surface area (Å²) in [6.45, 7) is 7.97. The topological polar surface area (TPSA) is 58.2 Å². The fourth-order valence-electron chi connectivity index (χ4n) is 6.63. The molecule has 1 aromatic rings. The van der Waals surface area contributed by atoms with Crippen molar-refractivity contribution in [2.75, 3.05) is 0 Å². The van der Waals surface area contributed by atoms with E-state index in [0.717, 1.165) is 24.2 Å². The van der Waals surface area contributed by atoms with Gasteiger partial charge < -0.3 is 10.6 Å². The van der Waals surface area contributed by atoms with Crippen LogP contribution in [0.1, 0.15) is 88.6 Å². The van der Waals surface area contributed by atoms with E-state index in [1.165, 1.54) is 44.1 Å². The van der Waals surface area contributed by atoms with Gasteiger partial charge in [-0.25, -0.2) is 0 Å². The van der Waals surface area contributed by atoms with Gasteiger partial charge in [0.1, 0.15) is 6.04 Å². The molecule has 1 aromatic carbocycles. The number of rotatable bonds is 7. The lowest BCUT2D eigenvalue weighted by atomic mass is 9.48. The van der Waals surface area contributed by atoms with Crippen LogP contribution in [0.2, 0.25) is 0 Å². The molecule has 4 bridgehead atoms. The van der Waals surface area contributed by atoms with Crippen LogP contribution in [-0.4, -0.2) is 23.9 Å². The Morgan fingerprint density at radius 2 is 1.47 bits per heavy atom. The molecule has 0 unspecified atom stereocenters. The molecular weight excluding hydrogens is 372 g/mol. The smallest absolute Gasteiger partial charge is 0.251 e. The Balaban J connectivity index is 1.44. The minimum absolute atomic E-state index is 0.0318. The zero-order chi connectivity index (χ0) is 21.5. The largest absolute Gasteiger partial charge is 0.352 e. The molecule has 0 radical (unpaired) electrons. The van der Waals surface area contributed by atoms with Gasteiger partial charge in [0, 0.05) is 11.6 Å². The SMILES string of the molecule is CC[C@@H](C)NC(=O)[C@@H](NC(=O)c1ccc(C23CC4CC(CC(C4)C2)C3)cc1)C(C)C. The van der Waals surface area contributed by atoms with E-state index in [2.05, 4.69) is 22.8 Å². The summed E-state index contributed by atoms with van der Waals surface area (Å²) in [7, 11) is 0. The number of nitrogens with one attached hydrogen (secondary N) is 2. The van der Waals surface area contributed by atoms with Gasteiger partial charge in [-0.05, 0) is 98.7 Å². The highest BCUT2D eigenvalue weighted by atomic mass is 16.2. The predicted molar refractivity (Wildman–Crippen MR) is 120 cm³/mol. The second kappa shape index (κ2) is 8.36. The Hall–Kier alpha value is -1.84. The van der Waals surface area contributed by atoms with Gasteiger partial charge in [0.25, 0.3) is 5.91 Å². The Morgan fingerprint density at radius 1 is 0.933 bits per heavy atom. The molecule has 4 heteroatoms. The molecule has 5 rings (SSSR count). The van der Waals surface area contributed by atoms with Gasteiger partial charge in [0.15, 0.2) is 0 Å². The van der Waals surface area contributed by atoms with Gasteiger partial charge in [0.05, 0.1) is 0 Å². The maximum Gasteiger partial charge on any atom is 0.251 e. The molecule has 2 amide bonds. The van der Waals surface area contributed by atoms with Crippen LogP contribution in [0.4, 0.5) is 0 Å². The van der Waals surface area contributed by atoms with Gasteiger partial charge in [0.2, 0.25) is 5.91 Å². The molecule has 4 aliphatic carbocycles. The van der Waals surface area contributed by atoms with E-state index in [-0.39, 0.29) is 23.8 Å². The molecule has 2 N–H and O–H groups in total. The zero-order valence-corrected chi connectivity index (χ0v) is 19.0. The van der Waals surface area contributed by atoms with E-state index in [9.17, 15) is 9.59 Å². The summed E-state index contributed by atoms with van der Waals surface area (Å²) in [6, 6.07) is 7.89. The molecule has 4 saturated carbocycles. The summed E-state index contributed by atoms with van der Waals surface area (Å²) in [5.74, 6) is 2.51. The van der Waals surface area contributed by atoms with Crippen LogP contribution in [0.3, 0.4) is 0 Å². The van der Waals surface area contributed by atoms with E-state index in [4.69, 9.17) is 0 Å². The summed E-state index contributed by atoms with van der Waals surface area (Å²) in [4.78, 5) is 25.5. The number of amides is 2. The minimum atomic E-state index is -0.519. The highest BCUT2D eigenvalue weighted by Gasteiger charge is 2.51. The molecule has 0 saturated heterocycles. The van der Waals surface area contributed by atoms with Gasteiger partial charge in [-0.3, -0.25) is 9.59 Å². The maximum atomic E-state index is 12.9. The van der Waals surface area contributed by atoms with Gasteiger partial charge in [-0.1, -0.05) is 32.9 Å². The third-order valence-corrected chi connectivity index (χ3v) is 8.03. The number of benzene rings is 1. The second-order valence-electron chi connectivity index (χ2n) is 10.8. The summed E-state index contributed by atoms with van der Waals surface area (Å²) in [6.07, 6.45) is 9.18. The third-order valence-electron chi connectivity index (χ3n) is 8.03. The predicted octanol–water partition coefficient (Wildman–Crippen LogP) is 4.82. The van der Waals surface area contributed by atoms with Crippen molar-refractivity contribution in [3.05, 3.63) is 35.4 Å². The van der Waals surface area contributed by atoms with Crippen molar-refractivity contribution in [1.29, 1.82) is 0 Å². The average Bonchev–Trinajstić information content (AvgIpc) is 2.70. The van der Waals surface area contributed by atoms with E-state index in [1.807, 2.05) is 39.8 Å². The monoisotopic (exact) mass is 410 g/mol. The molecule has 30 heavy (non-hydrogen) atoms. The minimum Gasteiger partial charge on any atom is -0.352 e. The normalized spacial score (nSPS) is 31.4. The maximum absolute atomic E-state index is 12.9. The number of carbonyl (C=O) groups is 2. The first-order valence-corrected chi connectivity index (χ1v) is 12.0. The molecule has 0 aromatic heterocycles. The van der Waals surface area contributed by atoms with Crippen molar-refractivity contribution < 1.29 is 9.59 Å². The van der Waals surface area contributed by atoms with E-state index in [0.29, 0.717) is 11.0 Å². The fourth-order valence-corrected chi connectivity index (χ4v) is 6.63. The number of hydrogen-bond acceptors (Lipinski definition) is 2. The zero-order valence-electron chi connectivity index (χ0n) is 19.0. The van der Waals surface area contributed by atoms with Crippen LogP contribution in [0, 0.1) is 23.7 Å². The lowest BCUT2D eigenvalue weighted by molar-refractivity contribution is -0.124. The molecule has 0 aliphatic heterocycles. The van der Waals surface area contributed by atoms with Crippen LogP contribution in [-0.2, 0) is 10.2 Å². The van der Waals surface area contributed by atoms with Crippen molar-refractivity contribution in [2.24, 2.45) is 23.7 Å². The summed E-state index contributed by atoms with van der Waals surface area (Å²) in [5, 5.41) is 5.96. The molecule has 0 heterocycles. The first kappa shape index (κ1) is 21.4. The van der Waals surface area contributed by atoms with Crippen molar-refractivity contribution in [2.45, 2.75) is 90.1 Å². The highest BCUT2D eigenvalue weighted by molar-refractivity contribution is 5.97. The van der Waals surface area contributed by atoms with Gasteiger partial charge in [-0.2, -0.15) is 0 Å². The van der Waals surface area contributed by atoms with Crippen LogP contribution in [0.15, 0.2) is 24.3 Å². The second-order valence-corrected chi connectivity index (χ2v) is 10.8. The van der Waals surface area contributed by atoms with Gasteiger partial charge in [-0.15, -0.1) is 0 Å². The fraction of sp³-hybridized carbons (Fsp3) is 0.692. The van der Waals surface area contributed by atoms with Gasteiger partial charge >= 0.3 is 0 Å². The average molecular weight is 411 g/mol. The first-order valence-electron chi connectivity index (χ1n) is 12.0. The molecule has 0 spiro atoms. The van der Waals surface area contributed by atoms with Crippen LogP contribution < -0.4 is 10.6 Å². The van der Waals surface area contributed by atoms with Crippen molar-refractivity contribution in [3.8, 4) is 0 Å².